The van der Waals surface area contributed by atoms with E-state index in [4.69, 9.17) is 9.47 Å². The molecule has 152 valence electrons. The SMILES string of the molecule is C=C1[C@@H](C(C)C)CC[C@]1(C)[C@@H](O/C=C/C(=O)OC)C1=CCC[C@]1(O)COC. The molecule has 0 aromatic heterocycles. The average Bonchev–Trinajstić information content (AvgIpc) is 3.13. The summed E-state index contributed by atoms with van der Waals surface area (Å²) in [5, 5.41) is 11.2. The first-order valence-electron chi connectivity index (χ1n) is 9.70. The molecular weight excluding hydrogens is 344 g/mol. The molecule has 4 atom stereocenters. The maximum Gasteiger partial charge on any atom is 0.333 e. The summed E-state index contributed by atoms with van der Waals surface area (Å²) in [5.41, 5.74) is 0.596. The number of carbonyl (C=O) groups is 1. The minimum absolute atomic E-state index is 0.218. The predicted octanol–water partition coefficient (Wildman–Crippen LogP) is 3.78. The normalized spacial score (nSPS) is 32.2. The second kappa shape index (κ2) is 8.61. The van der Waals surface area contributed by atoms with E-state index in [1.165, 1.54) is 19.4 Å². The van der Waals surface area contributed by atoms with Crippen LogP contribution in [0.5, 0.6) is 0 Å². The van der Waals surface area contributed by atoms with E-state index in [9.17, 15) is 9.90 Å². The van der Waals surface area contributed by atoms with Crippen LogP contribution in [0, 0.1) is 17.3 Å². The van der Waals surface area contributed by atoms with Gasteiger partial charge in [-0.2, -0.15) is 0 Å². The van der Waals surface area contributed by atoms with E-state index < -0.39 is 17.7 Å². The topological polar surface area (TPSA) is 65.0 Å². The molecule has 0 heterocycles. The van der Waals surface area contributed by atoms with E-state index >= 15 is 0 Å². The minimum atomic E-state index is -1.06. The molecule has 0 unspecified atom stereocenters. The third kappa shape index (κ3) is 4.30. The van der Waals surface area contributed by atoms with Gasteiger partial charge in [-0.1, -0.05) is 39.0 Å². The zero-order chi connectivity index (χ0) is 20.2. The number of carbonyl (C=O) groups excluding carboxylic acids is 1. The first kappa shape index (κ1) is 21.7. The van der Waals surface area contributed by atoms with Gasteiger partial charge < -0.3 is 19.3 Å². The molecule has 0 aliphatic heterocycles. The third-order valence-electron chi connectivity index (χ3n) is 6.28. The Hall–Kier alpha value is -1.59. The van der Waals surface area contributed by atoms with Crippen molar-refractivity contribution in [1.29, 1.82) is 0 Å². The van der Waals surface area contributed by atoms with Gasteiger partial charge in [0, 0.05) is 18.1 Å². The molecule has 0 radical (unpaired) electrons. The molecular formula is C22H34O5. The Bertz CT molecular complexity index is 620. The van der Waals surface area contributed by atoms with Gasteiger partial charge in [-0.15, -0.1) is 0 Å². The van der Waals surface area contributed by atoms with Crippen LogP contribution in [-0.2, 0) is 19.0 Å². The van der Waals surface area contributed by atoms with Crippen LogP contribution in [-0.4, -0.2) is 43.6 Å². The molecule has 2 aliphatic rings. The molecule has 0 bridgehead atoms. The maximum atomic E-state index is 11.5. The molecule has 0 aromatic rings. The smallest absolute Gasteiger partial charge is 0.333 e. The van der Waals surface area contributed by atoms with Crippen molar-refractivity contribution in [2.24, 2.45) is 17.3 Å². The van der Waals surface area contributed by atoms with Crippen LogP contribution in [0.2, 0.25) is 0 Å². The highest BCUT2D eigenvalue weighted by molar-refractivity contribution is 5.81. The summed E-state index contributed by atoms with van der Waals surface area (Å²) in [5.74, 6) is 0.445. The second-order valence-electron chi connectivity index (χ2n) is 8.34. The number of hydrogen-bond acceptors (Lipinski definition) is 5. The van der Waals surface area contributed by atoms with Crippen molar-refractivity contribution < 1.29 is 24.1 Å². The number of ether oxygens (including phenoxy) is 3. The van der Waals surface area contributed by atoms with Crippen LogP contribution in [0.4, 0.5) is 0 Å². The number of allylic oxidation sites excluding steroid dienone is 1. The molecule has 0 saturated heterocycles. The molecule has 27 heavy (non-hydrogen) atoms. The Labute approximate surface area is 163 Å². The summed E-state index contributed by atoms with van der Waals surface area (Å²) in [6.07, 6.45) is 7.63. The van der Waals surface area contributed by atoms with Crippen molar-refractivity contribution >= 4 is 5.97 Å². The molecule has 0 spiro atoms. The van der Waals surface area contributed by atoms with Crippen molar-refractivity contribution in [3.05, 3.63) is 36.1 Å². The number of hydrogen-bond donors (Lipinski definition) is 1. The molecule has 0 aromatic carbocycles. The van der Waals surface area contributed by atoms with Crippen LogP contribution >= 0.6 is 0 Å². The summed E-state index contributed by atoms with van der Waals surface area (Å²) >= 11 is 0. The fourth-order valence-corrected chi connectivity index (χ4v) is 4.60. The lowest BCUT2D eigenvalue weighted by molar-refractivity contribution is -0.135. The molecule has 2 aliphatic carbocycles. The van der Waals surface area contributed by atoms with Crippen LogP contribution in [0.1, 0.15) is 46.5 Å². The highest BCUT2D eigenvalue weighted by Gasteiger charge is 2.52. The van der Waals surface area contributed by atoms with Crippen molar-refractivity contribution in [2.75, 3.05) is 20.8 Å². The number of aliphatic hydroxyl groups is 1. The maximum absolute atomic E-state index is 11.5. The molecule has 1 fully saturated rings. The van der Waals surface area contributed by atoms with E-state index in [0.717, 1.165) is 30.4 Å². The highest BCUT2D eigenvalue weighted by atomic mass is 16.5. The fourth-order valence-electron chi connectivity index (χ4n) is 4.60. The summed E-state index contributed by atoms with van der Waals surface area (Å²) in [4.78, 5) is 11.5. The monoisotopic (exact) mass is 378 g/mol. The Morgan fingerprint density at radius 1 is 1.41 bits per heavy atom. The largest absolute Gasteiger partial charge is 0.492 e. The van der Waals surface area contributed by atoms with E-state index in [1.807, 2.05) is 0 Å². The van der Waals surface area contributed by atoms with Crippen LogP contribution in [0.25, 0.3) is 0 Å². The minimum Gasteiger partial charge on any atom is -0.492 e. The van der Waals surface area contributed by atoms with E-state index in [2.05, 4.69) is 38.2 Å². The van der Waals surface area contributed by atoms with Crippen LogP contribution in [0.3, 0.4) is 0 Å². The van der Waals surface area contributed by atoms with Crippen LogP contribution < -0.4 is 0 Å². The zero-order valence-electron chi connectivity index (χ0n) is 17.3. The Kier molecular flexibility index (Phi) is 6.92. The van der Waals surface area contributed by atoms with E-state index in [1.54, 1.807) is 7.11 Å². The predicted molar refractivity (Wildman–Crippen MR) is 105 cm³/mol. The first-order valence-corrected chi connectivity index (χ1v) is 9.70. The van der Waals surface area contributed by atoms with Gasteiger partial charge in [0.2, 0.25) is 0 Å². The van der Waals surface area contributed by atoms with Gasteiger partial charge in [-0.25, -0.2) is 4.79 Å². The summed E-state index contributed by atoms with van der Waals surface area (Å²) in [6, 6.07) is 0. The van der Waals surface area contributed by atoms with Gasteiger partial charge in [-0.3, -0.25) is 0 Å². The number of methoxy groups -OCH3 is 2. The first-order chi connectivity index (χ1) is 12.7. The number of esters is 1. The molecule has 1 saturated carbocycles. The molecule has 1 N–H and O–H groups in total. The Morgan fingerprint density at radius 3 is 2.67 bits per heavy atom. The molecule has 5 heteroatoms. The van der Waals surface area contributed by atoms with Crippen LogP contribution in [0.15, 0.2) is 36.1 Å². The molecule has 5 nitrogen and oxygen atoms in total. The van der Waals surface area contributed by atoms with E-state index in [-0.39, 0.29) is 12.0 Å². The van der Waals surface area contributed by atoms with Crippen molar-refractivity contribution in [3.8, 4) is 0 Å². The summed E-state index contributed by atoms with van der Waals surface area (Å²) in [6.45, 7) is 11.2. The number of rotatable bonds is 8. The van der Waals surface area contributed by atoms with Gasteiger partial charge in [0.15, 0.2) is 0 Å². The zero-order valence-corrected chi connectivity index (χ0v) is 17.3. The van der Waals surface area contributed by atoms with E-state index in [0.29, 0.717) is 18.3 Å². The van der Waals surface area contributed by atoms with Gasteiger partial charge in [-0.05, 0) is 37.5 Å². The average molecular weight is 379 g/mol. The molecule has 2 rings (SSSR count). The van der Waals surface area contributed by atoms with Crippen molar-refractivity contribution in [3.63, 3.8) is 0 Å². The summed E-state index contributed by atoms with van der Waals surface area (Å²) in [7, 11) is 2.92. The van der Waals surface area contributed by atoms with Crippen molar-refractivity contribution in [2.45, 2.75) is 58.2 Å². The molecule has 0 amide bonds. The van der Waals surface area contributed by atoms with Gasteiger partial charge in [0.1, 0.15) is 11.7 Å². The third-order valence-corrected chi connectivity index (χ3v) is 6.28. The lowest BCUT2D eigenvalue weighted by Crippen LogP contribution is -2.45. The lowest BCUT2D eigenvalue weighted by Gasteiger charge is -2.41. The quantitative estimate of drug-likeness (QED) is 0.301. The Morgan fingerprint density at radius 2 is 2.11 bits per heavy atom. The fraction of sp³-hybridized carbons (Fsp3) is 0.682. The highest BCUT2D eigenvalue weighted by Crippen LogP contribution is 2.54. The lowest BCUT2D eigenvalue weighted by atomic mass is 9.71. The summed E-state index contributed by atoms with van der Waals surface area (Å²) < 4.78 is 16.0. The van der Waals surface area contributed by atoms with Crippen molar-refractivity contribution in [1.82, 2.24) is 0 Å². The Balaban J connectivity index is 2.37. The van der Waals surface area contributed by atoms with Gasteiger partial charge in [0.25, 0.3) is 0 Å². The van der Waals surface area contributed by atoms with Gasteiger partial charge >= 0.3 is 5.97 Å². The second-order valence-corrected chi connectivity index (χ2v) is 8.34. The standard InChI is InChI=1S/C22H34O5/c1-15(2)17-9-12-21(4,16(17)3)20(27-13-10-19(23)26-6)18-8-7-11-22(18,24)14-25-5/h8,10,13,15,17,20,24H,3,7,9,11-12,14H2,1-2,4-6H3/b13-10+/t17-,20+,21+,22+/m1/s1. The van der Waals surface area contributed by atoms with Gasteiger partial charge in [0.05, 0.1) is 26.1 Å².